The van der Waals surface area contributed by atoms with Gasteiger partial charge in [-0.3, -0.25) is 4.79 Å². The van der Waals surface area contributed by atoms with E-state index in [4.69, 9.17) is 39.8 Å². The summed E-state index contributed by atoms with van der Waals surface area (Å²) in [5.74, 6) is 0. The lowest BCUT2D eigenvalue weighted by molar-refractivity contribution is 0.536. The zero-order valence-electron chi connectivity index (χ0n) is 12.1. The highest BCUT2D eigenvalue weighted by Crippen LogP contribution is 2.27. The van der Waals surface area contributed by atoms with Crippen LogP contribution in [0.4, 0.5) is 0 Å². The van der Waals surface area contributed by atoms with Crippen molar-refractivity contribution in [2.45, 2.75) is 0 Å². The molecular formula is C18H9Cl2NO2S. The zero-order valence-corrected chi connectivity index (χ0v) is 14.5. The van der Waals surface area contributed by atoms with Gasteiger partial charge < -0.3 is 4.42 Å². The Morgan fingerprint density at radius 2 is 1.75 bits per heavy atom. The number of halogens is 2. The Kier molecular flexibility index (Phi) is 3.68. The molecule has 6 heteroatoms. The monoisotopic (exact) mass is 373 g/mol. The third kappa shape index (κ3) is 2.35. The molecule has 0 bridgehead atoms. The molecular weight excluding hydrogens is 365 g/mol. The van der Waals surface area contributed by atoms with E-state index in [1.807, 2.05) is 30.3 Å². The highest BCUT2D eigenvalue weighted by molar-refractivity contribution is 7.71. The number of hydrogen-bond donors (Lipinski definition) is 0. The van der Waals surface area contributed by atoms with E-state index in [9.17, 15) is 4.79 Å². The fourth-order valence-corrected chi connectivity index (χ4v) is 3.49. The Hall–Kier alpha value is -2.14. The minimum absolute atomic E-state index is 0.0353. The third-order valence-electron chi connectivity index (χ3n) is 3.84. The van der Waals surface area contributed by atoms with Crippen molar-refractivity contribution in [1.29, 1.82) is 0 Å². The maximum Gasteiger partial charge on any atom is 0.276 e. The van der Waals surface area contributed by atoms with E-state index in [0.29, 0.717) is 26.7 Å². The van der Waals surface area contributed by atoms with Crippen LogP contribution in [0, 0.1) is 4.84 Å². The molecule has 0 amide bonds. The van der Waals surface area contributed by atoms with Gasteiger partial charge >= 0.3 is 0 Å². The molecule has 0 aliphatic carbocycles. The van der Waals surface area contributed by atoms with Gasteiger partial charge in [0, 0.05) is 10.4 Å². The van der Waals surface area contributed by atoms with Crippen molar-refractivity contribution in [2.75, 3.05) is 0 Å². The number of aromatic nitrogens is 1. The normalized spacial score (nSPS) is 11.2. The molecule has 0 aliphatic rings. The molecule has 0 aliphatic heterocycles. The largest absolute Gasteiger partial charge is 0.430 e. The van der Waals surface area contributed by atoms with Gasteiger partial charge in [0.15, 0.2) is 5.58 Å². The Morgan fingerprint density at radius 3 is 2.54 bits per heavy atom. The zero-order chi connectivity index (χ0) is 16.8. The second-order valence-electron chi connectivity index (χ2n) is 5.27. The lowest BCUT2D eigenvalue weighted by Crippen LogP contribution is -2.19. The molecule has 24 heavy (non-hydrogen) atoms. The molecule has 0 unspecified atom stereocenters. The lowest BCUT2D eigenvalue weighted by atomic mass is 10.1. The Morgan fingerprint density at radius 1 is 0.958 bits per heavy atom. The van der Waals surface area contributed by atoms with E-state index in [-0.39, 0.29) is 10.4 Å². The first-order valence-electron chi connectivity index (χ1n) is 7.09. The first-order valence-corrected chi connectivity index (χ1v) is 8.26. The van der Waals surface area contributed by atoms with Gasteiger partial charge in [0.2, 0.25) is 0 Å². The van der Waals surface area contributed by atoms with Crippen LogP contribution in [-0.4, -0.2) is 4.57 Å². The number of hydrogen-bond acceptors (Lipinski definition) is 3. The summed E-state index contributed by atoms with van der Waals surface area (Å²) in [7, 11) is 0. The van der Waals surface area contributed by atoms with Gasteiger partial charge in [-0.15, -0.1) is 0 Å². The molecule has 1 heterocycles. The predicted octanol–water partition coefficient (Wildman–Crippen LogP) is 5.77. The SMILES string of the molecule is O=c1c2ccc3ccccc3c2oc(=S)n1-c1ccc(Cl)cc1Cl. The molecule has 0 spiro atoms. The smallest absolute Gasteiger partial charge is 0.276 e. The summed E-state index contributed by atoms with van der Waals surface area (Å²) < 4.78 is 7.10. The molecule has 1 aromatic heterocycles. The topological polar surface area (TPSA) is 35.1 Å². The average Bonchev–Trinajstić information content (AvgIpc) is 2.56. The van der Waals surface area contributed by atoms with Crippen molar-refractivity contribution in [3.63, 3.8) is 0 Å². The minimum atomic E-state index is -0.281. The van der Waals surface area contributed by atoms with Crippen molar-refractivity contribution < 1.29 is 4.42 Å². The first kappa shape index (κ1) is 15.4. The van der Waals surface area contributed by atoms with Crippen LogP contribution < -0.4 is 5.56 Å². The van der Waals surface area contributed by atoms with E-state index >= 15 is 0 Å². The minimum Gasteiger partial charge on any atom is -0.430 e. The maximum atomic E-state index is 13.0. The fraction of sp³-hybridized carbons (Fsp3) is 0. The Bertz CT molecular complexity index is 1230. The van der Waals surface area contributed by atoms with Gasteiger partial charge in [-0.2, -0.15) is 0 Å². The highest BCUT2D eigenvalue weighted by Gasteiger charge is 2.14. The van der Waals surface area contributed by atoms with Crippen LogP contribution in [0.2, 0.25) is 10.0 Å². The van der Waals surface area contributed by atoms with Crippen LogP contribution in [0.15, 0.2) is 63.8 Å². The molecule has 0 N–H and O–H groups in total. The summed E-state index contributed by atoms with van der Waals surface area (Å²) in [5, 5.41) is 3.06. The van der Waals surface area contributed by atoms with Crippen molar-refractivity contribution >= 4 is 57.2 Å². The molecule has 3 aromatic carbocycles. The van der Waals surface area contributed by atoms with Crippen LogP contribution in [0.3, 0.4) is 0 Å². The van der Waals surface area contributed by atoms with Crippen LogP contribution >= 0.6 is 35.4 Å². The van der Waals surface area contributed by atoms with Crippen LogP contribution in [0.25, 0.3) is 27.4 Å². The molecule has 118 valence electrons. The highest BCUT2D eigenvalue weighted by atomic mass is 35.5. The molecule has 0 fully saturated rings. The maximum absolute atomic E-state index is 13.0. The quantitative estimate of drug-likeness (QED) is 0.313. The second-order valence-corrected chi connectivity index (χ2v) is 6.46. The molecule has 0 saturated heterocycles. The fourth-order valence-electron chi connectivity index (χ4n) is 2.73. The van der Waals surface area contributed by atoms with Crippen molar-refractivity contribution in [1.82, 2.24) is 4.57 Å². The van der Waals surface area contributed by atoms with Gasteiger partial charge in [-0.25, -0.2) is 4.57 Å². The summed E-state index contributed by atoms with van der Waals surface area (Å²) in [5.41, 5.74) is 0.635. The summed E-state index contributed by atoms with van der Waals surface area (Å²) in [6, 6.07) is 16.1. The van der Waals surface area contributed by atoms with E-state index < -0.39 is 0 Å². The number of fused-ring (bicyclic) bond motifs is 3. The van der Waals surface area contributed by atoms with Crippen LogP contribution in [0.5, 0.6) is 0 Å². The number of nitrogens with zero attached hydrogens (tertiary/aromatic N) is 1. The molecule has 4 rings (SSSR count). The standard InChI is InChI=1S/C18H9Cl2NO2S/c19-11-6-8-15(14(20)9-11)21-17(22)13-7-5-10-3-1-2-4-12(10)16(13)23-18(21)24/h1-9H. The summed E-state index contributed by atoms with van der Waals surface area (Å²) in [4.78, 5) is 13.0. The molecule has 4 aromatic rings. The second kappa shape index (κ2) is 5.74. The van der Waals surface area contributed by atoms with Gasteiger partial charge in [0.05, 0.1) is 16.1 Å². The van der Waals surface area contributed by atoms with Crippen LogP contribution in [-0.2, 0) is 0 Å². The van der Waals surface area contributed by atoms with Gasteiger partial charge in [-0.1, -0.05) is 53.5 Å². The lowest BCUT2D eigenvalue weighted by Gasteiger charge is -2.10. The van der Waals surface area contributed by atoms with E-state index in [2.05, 4.69) is 0 Å². The average molecular weight is 374 g/mol. The van der Waals surface area contributed by atoms with Gasteiger partial charge in [0.1, 0.15) is 0 Å². The predicted molar refractivity (Wildman–Crippen MR) is 100 cm³/mol. The van der Waals surface area contributed by atoms with Gasteiger partial charge in [0.25, 0.3) is 10.4 Å². The summed E-state index contributed by atoms with van der Waals surface area (Å²) >= 11 is 17.5. The Balaban J connectivity index is 2.14. The summed E-state index contributed by atoms with van der Waals surface area (Å²) in [6.45, 7) is 0. The number of rotatable bonds is 1. The molecule has 0 saturated carbocycles. The molecule has 3 nitrogen and oxygen atoms in total. The van der Waals surface area contributed by atoms with E-state index in [1.54, 1.807) is 24.3 Å². The summed E-state index contributed by atoms with van der Waals surface area (Å²) in [6.07, 6.45) is 0. The van der Waals surface area contributed by atoms with E-state index in [0.717, 1.165) is 10.8 Å². The molecule has 0 radical (unpaired) electrons. The van der Waals surface area contributed by atoms with Crippen molar-refractivity contribution in [3.05, 3.63) is 79.8 Å². The van der Waals surface area contributed by atoms with Gasteiger partial charge in [-0.05, 0) is 41.9 Å². The molecule has 0 atom stereocenters. The van der Waals surface area contributed by atoms with Crippen LogP contribution in [0.1, 0.15) is 0 Å². The van der Waals surface area contributed by atoms with Crippen molar-refractivity contribution in [3.8, 4) is 5.69 Å². The van der Waals surface area contributed by atoms with Crippen molar-refractivity contribution in [2.24, 2.45) is 0 Å². The number of benzene rings is 3. The Labute approximate surface area is 151 Å². The first-order chi connectivity index (χ1) is 11.6. The third-order valence-corrected chi connectivity index (χ3v) is 4.64. The van der Waals surface area contributed by atoms with E-state index in [1.165, 1.54) is 4.57 Å².